The van der Waals surface area contributed by atoms with Crippen LogP contribution in [0.2, 0.25) is 0 Å². The van der Waals surface area contributed by atoms with Gasteiger partial charge in [0.2, 0.25) is 16.0 Å². The van der Waals surface area contributed by atoms with Crippen LogP contribution in [0.5, 0.6) is 0 Å². The fraction of sp³-hybridized carbons (Fsp3) is 0.480. The predicted molar refractivity (Wildman–Crippen MR) is 143 cm³/mol. The summed E-state index contributed by atoms with van der Waals surface area (Å²) in [6.45, 7) is 7.66. The smallest absolute Gasteiger partial charge is 0.234 e. The van der Waals surface area contributed by atoms with E-state index in [1.807, 2.05) is 18.2 Å². The molecule has 5 rings (SSSR count). The van der Waals surface area contributed by atoms with Crippen LogP contribution < -0.4 is 14.5 Å². The number of aromatic nitrogens is 3. The molecule has 0 unspecified atom stereocenters. The summed E-state index contributed by atoms with van der Waals surface area (Å²) in [6.07, 6.45) is 0. The lowest BCUT2D eigenvalue weighted by molar-refractivity contribution is 0.0973. The molecule has 2 aromatic heterocycles. The zero-order valence-corrected chi connectivity index (χ0v) is 21.8. The average molecular weight is 529 g/mol. The van der Waals surface area contributed by atoms with Gasteiger partial charge in [-0.3, -0.25) is 4.72 Å². The molecule has 1 aromatic carbocycles. The van der Waals surface area contributed by atoms with Gasteiger partial charge in [-0.25, -0.2) is 13.4 Å². The number of aliphatic hydroxyl groups excluding tert-OH is 1. The maximum Gasteiger partial charge on any atom is 0.234 e. The number of ether oxygens (including phenoxy) is 2. The van der Waals surface area contributed by atoms with Crippen molar-refractivity contribution >= 4 is 38.5 Å². The van der Waals surface area contributed by atoms with Crippen molar-refractivity contribution < 1.29 is 23.0 Å². The molecule has 11 nitrogen and oxygen atoms in total. The van der Waals surface area contributed by atoms with Gasteiger partial charge in [-0.15, -0.1) is 0 Å². The molecule has 2 atom stereocenters. The van der Waals surface area contributed by atoms with Crippen LogP contribution in [0.4, 0.5) is 17.5 Å². The fourth-order valence-corrected chi connectivity index (χ4v) is 5.48. The van der Waals surface area contributed by atoms with E-state index in [-0.39, 0.29) is 17.8 Å². The molecule has 0 spiro atoms. The highest BCUT2D eigenvalue weighted by Crippen LogP contribution is 2.31. The zero-order valence-electron chi connectivity index (χ0n) is 21.0. The topological polar surface area (TPSA) is 130 Å². The van der Waals surface area contributed by atoms with Gasteiger partial charge in [0, 0.05) is 24.3 Å². The fourth-order valence-electron chi connectivity index (χ4n) is 4.65. The molecule has 2 aliphatic heterocycles. The quantitative estimate of drug-likeness (QED) is 0.469. The number of nitrogens with zero attached hydrogens (tertiary/aromatic N) is 5. The highest BCUT2D eigenvalue weighted by atomic mass is 32.2. The molecule has 0 amide bonds. The van der Waals surface area contributed by atoms with E-state index in [0.29, 0.717) is 55.9 Å². The van der Waals surface area contributed by atoms with Gasteiger partial charge in [-0.05, 0) is 38.1 Å². The molecule has 2 saturated heterocycles. The maximum atomic E-state index is 12.1. The van der Waals surface area contributed by atoms with Crippen molar-refractivity contribution in [2.45, 2.75) is 25.9 Å². The van der Waals surface area contributed by atoms with Gasteiger partial charge in [0.25, 0.3) is 0 Å². The van der Waals surface area contributed by atoms with Crippen molar-refractivity contribution in [3.05, 3.63) is 36.4 Å². The highest BCUT2D eigenvalue weighted by molar-refractivity contribution is 7.92. The van der Waals surface area contributed by atoms with Gasteiger partial charge in [-0.1, -0.05) is 12.1 Å². The SMILES string of the molecule is C[C@H]1COCCN1c1nc(N2CCOC[C@@H]2C)c2ccc(-c3cccc(NS(=O)(=O)CCO)c3)nc2n1. The number of hydrogen-bond acceptors (Lipinski definition) is 10. The lowest BCUT2D eigenvalue weighted by atomic mass is 10.1. The molecule has 37 heavy (non-hydrogen) atoms. The second-order valence-corrected chi connectivity index (χ2v) is 11.2. The third-order valence-corrected chi connectivity index (χ3v) is 7.85. The molecule has 0 radical (unpaired) electrons. The number of aliphatic hydroxyl groups is 1. The van der Waals surface area contributed by atoms with Crippen molar-refractivity contribution in [3.8, 4) is 11.3 Å². The van der Waals surface area contributed by atoms with Crippen molar-refractivity contribution in [2.75, 3.05) is 66.4 Å². The molecule has 3 aromatic rings. The van der Waals surface area contributed by atoms with Crippen LogP contribution in [0, 0.1) is 0 Å². The first-order chi connectivity index (χ1) is 17.8. The first kappa shape index (κ1) is 25.6. The second kappa shape index (κ2) is 10.7. The minimum atomic E-state index is -3.64. The van der Waals surface area contributed by atoms with Crippen LogP contribution in [-0.2, 0) is 19.5 Å². The molecule has 12 heteroatoms. The Balaban J connectivity index is 1.57. The highest BCUT2D eigenvalue weighted by Gasteiger charge is 2.27. The van der Waals surface area contributed by atoms with Crippen LogP contribution in [-0.4, -0.2) is 92.4 Å². The van der Waals surface area contributed by atoms with Gasteiger partial charge in [0.1, 0.15) is 5.82 Å². The number of anilines is 3. The van der Waals surface area contributed by atoms with E-state index >= 15 is 0 Å². The van der Waals surface area contributed by atoms with E-state index in [1.54, 1.807) is 18.2 Å². The summed E-state index contributed by atoms with van der Waals surface area (Å²) in [7, 11) is -3.64. The molecule has 198 valence electrons. The molecule has 2 fully saturated rings. The van der Waals surface area contributed by atoms with Crippen LogP contribution in [0.1, 0.15) is 13.8 Å². The van der Waals surface area contributed by atoms with Gasteiger partial charge < -0.3 is 24.4 Å². The van der Waals surface area contributed by atoms with Crippen molar-refractivity contribution in [3.63, 3.8) is 0 Å². The summed E-state index contributed by atoms with van der Waals surface area (Å²) in [5.41, 5.74) is 2.38. The number of pyridine rings is 1. The molecule has 2 N–H and O–H groups in total. The number of benzene rings is 1. The lowest BCUT2D eigenvalue weighted by Crippen LogP contribution is -2.46. The Morgan fingerprint density at radius 3 is 2.43 bits per heavy atom. The minimum Gasteiger partial charge on any atom is -0.395 e. The zero-order chi connectivity index (χ0) is 26.0. The average Bonchev–Trinajstić information content (AvgIpc) is 2.88. The monoisotopic (exact) mass is 528 g/mol. The van der Waals surface area contributed by atoms with Crippen molar-refractivity contribution in [1.82, 2.24) is 15.0 Å². The Labute approximate surface area is 216 Å². The molecule has 4 heterocycles. The number of sulfonamides is 1. The molecular formula is C25H32N6O5S. The number of fused-ring (bicyclic) bond motifs is 1. The molecule has 2 aliphatic rings. The number of morpholine rings is 2. The molecule has 0 saturated carbocycles. The standard InChI is InChI=1S/C25H32N6O5S/c1-17-15-35-11-8-30(17)24-21-6-7-22(19-4-3-5-20(14-19)29-37(33,34)13-10-32)26-23(21)27-25(28-24)31-9-12-36-16-18(31)2/h3-7,14,17-18,29,32H,8-13,15-16H2,1-2H3/t17-,18-/m0/s1. The predicted octanol–water partition coefficient (Wildman–Crippen LogP) is 1.88. The second-order valence-electron chi connectivity index (χ2n) is 9.37. The van der Waals surface area contributed by atoms with E-state index < -0.39 is 16.6 Å². The number of hydrogen-bond donors (Lipinski definition) is 2. The summed E-state index contributed by atoms with van der Waals surface area (Å²) < 4.78 is 38.0. The van der Waals surface area contributed by atoms with E-state index in [0.717, 1.165) is 23.3 Å². The minimum absolute atomic E-state index is 0.132. The van der Waals surface area contributed by atoms with E-state index in [9.17, 15) is 8.42 Å². The van der Waals surface area contributed by atoms with E-state index in [2.05, 4.69) is 28.4 Å². The summed E-state index contributed by atoms with van der Waals surface area (Å²) >= 11 is 0. The summed E-state index contributed by atoms with van der Waals surface area (Å²) in [6, 6.07) is 11.2. The lowest BCUT2D eigenvalue weighted by Gasteiger charge is -2.37. The van der Waals surface area contributed by atoms with Gasteiger partial charge >= 0.3 is 0 Å². The third-order valence-electron chi connectivity index (χ3n) is 6.58. The van der Waals surface area contributed by atoms with Gasteiger partial charge in [0.15, 0.2) is 5.65 Å². The summed E-state index contributed by atoms with van der Waals surface area (Å²) in [4.78, 5) is 19.2. The number of rotatable bonds is 7. The Morgan fingerprint density at radius 2 is 1.73 bits per heavy atom. The maximum absolute atomic E-state index is 12.1. The first-order valence-electron chi connectivity index (χ1n) is 12.4. The normalized spacial score (nSPS) is 20.8. The van der Waals surface area contributed by atoms with Crippen LogP contribution in [0.3, 0.4) is 0 Å². The van der Waals surface area contributed by atoms with Crippen LogP contribution in [0.15, 0.2) is 36.4 Å². The van der Waals surface area contributed by atoms with Crippen LogP contribution in [0.25, 0.3) is 22.3 Å². The van der Waals surface area contributed by atoms with E-state index in [1.165, 1.54) is 0 Å². The van der Waals surface area contributed by atoms with Gasteiger partial charge in [0.05, 0.1) is 62.0 Å². The third kappa shape index (κ3) is 5.61. The van der Waals surface area contributed by atoms with Crippen molar-refractivity contribution in [2.24, 2.45) is 0 Å². The van der Waals surface area contributed by atoms with Gasteiger partial charge in [-0.2, -0.15) is 9.97 Å². The first-order valence-corrected chi connectivity index (χ1v) is 14.1. The molecule has 0 bridgehead atoms. The summed E-state index contributed by atoms with van der Waals surface area (Å²) in [5, 5.41) is 9.87. The Bertz CT molecular complexity index is 1370. The van der Waals surface area contributed by atoms with E-state index in [4.69, 9.17) is 29.5 Å². The Hall–Kier alpha value is -3.06. The number of nitrogens with one attached hydrogen (secondary N) is 1. The largest absolute Gasteiger partial charge is 0.395 e. The Kier molecular flexibility index (Phi) is 7.43. The Morgan fingerprint density at radius 1 is 1.00 bits per heavy atom. The molecular weight excluding hydrogens is 496 g/mol. The van der Waals surface area contributed by atoms with Crippen molar-refractivity contribution in [1.29, 1.82) is 0 Å². The molecule has 0 aliphatic carbocycles. The van der Waals surface area contributed by atoms with Crippen LogP contribution >= 0.6 is 0 Å². The summed E-state index contributed by atoms with van der Waals surface area (Å²) in [5.74, 6) is 1.08.